The minimum atomic E-state index is -0.905. The van der Waals surface area contributed by atoms with Gasteiger partial charge in [-0.25, -0.2) is 8.78 Å². The lowest BCUT2D eigenvalue weighted by Gasteiger charge is -2.13. The van der Waals surface area contributed by atoms with Gasteiger partial charge >= 0.3 is 0 Å². The summed E-state index contributed by atoms with van der Waals surface area (Å²) in [7, 11) is 0. The van der Waals surface area contributed by atoms with Crippen LogP contribution in [-0.4, -0.2) is 58.6 Å². The molecule has 2 heterocycles. The summed E-state index contributed by atoms with van der Waals surface area (Å²) in [6, 6.07) is 13.2. The maximum Gasteiger partial charge on any atom is 0.270 e. The van der Waals surface area contributed by atoms with E-state index < -0.39 is 52.8 Å². The zero-order valence-corrected chi connectivity index (χ0v) is 19.5. The summed E-state index contributed by atoms with van der Waals surface area (Å²) in [6.45, 7) is -1.14. The van der Waals surface area contributed by atoms with Crippen LogP contribution in [0.1, 0.15) is 31.8 Å². The summed E-state index contributed by atoms with van der Waals surface area (Å²) in [5, 5.41) is 14.2. The van der Waals surface area contributed by atoms with E-state index >= 15 is 0 Å². The first-order chi connectivity index (χ1) is 18.2. The zero-order chi connectivity index (χ0) is 27.0. The fraction of sp³-hybridized carbons (Fsp3) is 0.115. The third kappa shape index (κ3) is 4.43. The summed E-state index contributed by atoms with van der Waals surface area (Å²) in [5.74, 6) is -3.35. The molecule has 0 bridgehead atoms. The maximum atomic E-state index is 14.6. The molecule has 190 valence electrons. The van der Waals surface area contributed by atoms with Crippen LogP contribution in [0.25, 0.3) is 0 Å². The number of carbonyl (C=O) groups excluding carboxylic acids is 3. The van der Waals surface area contributed by atoms with Gasteiger partial charge in [-0.05, 0) is 30.3 Å². The number of hydrogen-bond donors (Lipinski definition) is 1. The molecule has 0 atom stereocenters. The predicted octanol–water partition coefficient (Wildman–Crippen LogP) is 3.40. The molecule has 0 fully saturated rings. The second-order valence-corrected chi connectivity index (χ2v) is 8.42. The van der Waals surface area contributed by atoms with E-state index in [2.05, 4.69) is 15.3 Å². The third-order valence-corrected chi connectivity index (χ3v) is 5.99. The Balaban J connectivity index is 1.41. The van der Waals surface area contributed by atoms with Crippen molar-refractivity contribution < 1.29 is 28.1 Å². The van der Waals surface area contributed by atoms with Crippen LogP contribution in [-0.2, 0) is 4.79 Å². The van der Waals surface area contributed by atoms with Crippen LogP contribution in [0.3, 0.4) is 0 Å². The normalized spacial score (nSPS) is 15.5. The Hall–Kier alpha value is -5.13. The molecule has 5 rings (SSSR count). The van der Waals surface area contributed by atoms with Gasteiger partial charge in [0.15, 0.2) is 5.78 Å². The van der Waals surface area contributed by atoms with E-state index in [0.29, 0.717) is 0 Å². The molecule has 2 aliphatic rings. The van der Waals surface area contributed by atoms with Crippen molar-refractivity contribution in [3.8, 4) is 0 Å². The fourth-order valence-electron chi connectivity index (χ4n) is 4.20. The molecule has 3 aromatic rings. The van der Waals surface area contributed by atoms with E-state index in [1.165, 1.54) is 30.3 Å². The fourth-order valence-corrected chi connectivity index (χ4v) is 4.20. The first-order valence-corrected chi connectivity index (χ1v) is 11.3. The number of fused-ring (bicyclic) bond motifs is 2. The second-order valence-electron chi connectivity index (χ2n) is 8.42. The average Bonchev–Trinajstić information content (AvgIpc) is 3.03. The number of carbonyl (C=O) groups is 3. The Morgan fingerprint density at radius 3 is 2.29 bits per heavy atom. The van der Waals surface area contributed by atoms with Gasteiger partial charge in [-0.2, -0.15) is 0 Å². The third-order valence-electron chi connectivity index (χ3n) is 5.99. The van der Waals surface area contributed by atoms with E-state index in [-0.39, 0.29) is 46.2 Å². The highest BCUT2D eigenvalue weighted by atomic mass is 19.1. The lowest BCUT2D eigenvalue weighted by Crippen LogP contribution is -2.36. The summed E-state index contributed by atoms with van der Waals surface area (Å²) in [4.78, 5) is 57.6. The number of ketones is 1. The van der Waals surface area contributed by atoms with Crippen molar-refractivity contribution >= 4 is 40.5 Å². The van der Waals surface area contributed by atoms with Crippen LogP contribution in [0.15, 0.2) is 70.6 Å². The van der Waals surface area contributed by atoms with Crippen LogP contribution in [0.5, 0.6) is 0 Å². The van der Waals surface area contributed by atoms with Crippen LogP contribution in [0, 0.1) is 21.7 Å². The van der Waals surface area contributed by atoms with Gasteiger partial charge in [-0.15, -0.1) is 0 Å². The minimum Gasteiger partial charge on any atom is -0.342 e. The topological polar surface area (TPSA) is 134 Å². The Kier molecular flexibility index (Phi) is 6.29. The van der Waals surface area contributed by atoms with Gasteiger partial charge in [0, 0.05) is 23.4 Å². The molecule has 1 N–H and O–H groups in total. The van der Waals surface area contributed by atoms with Gasteiger partial charge < -0.3 is 5.32 Å². The number of nitro groups is 1. The maximum absolute atomic E-state index is 14.6. The smallest absolute Gasteiger partial charge is 0.270 e. The highest BCUT2D eigenvalue weighted by Crippen LogP contribution is 2.29. The molecule has 38 heavy (non-hydrogen) atoms. The number of non-ortho nitro benzene ring substituents is 1. The zero-order valence-electron chi connectivity index (χ0n) is 19.5. The second kappa shape index (κ2) is 9.73. The van der Waals surface area contributed by atoms with E-state index in [1.807, 2.05) is 0 Å². The summed E-state index contributed by atoms with van der Waals surface area (Å²) < 4.78 is 29.2. The van der Waals surface area contributed by atoms with Crippen LogP contribution in [0.4, 0.5) is 20.2 Å². The van der Waals surface area contributed by atoms with Gasteiger partial charge in [0.25, 0.3) is 17.5 Å². The Labute approximate surface area is 213 Å². The van der Waals surface area contributed by atoms with Gasteiger partial charge in [0.1, 0.15) is 24.0 Å². The van der Waals surface area contributed by atoms with Crippen molar-refractivity contribution in [2.24, 2.45) is 9.98 Å². The number of benzodiazepines with no additional fused rings is 1. The van der Waals surface area contributed by atoms with Crippen LogP contribution in [0.2, 0.25) is 0 Å². The number of aliphatic imine (C=N–C) groups is 2. The highest BCUT2D eigenvalue weighted by Gasteiger charge is 2.36. The van der Waals surface area contributed by atoms with Gasteiger partial charge in [-0.1, -0.05) is 18.2 Å². The molecular weight excluding hydrogens is 500 g/mol. The van der Waals surface area contributed by atoms with Crippen LogP contribution >= 0.6 is 0 Å². The van der Waals surface area contributed by atoms with Crippen molar-refractivity contribution in [2.75, 3.05) is 25.0 Å². The van der Waals surface area contributed by atoms with Crippen molar-refractivity contribution in [1.82, 2.24) is 4.90 Å². The largest absolute Gasteiger partial charge is 0.342 e. The molecule has 0 aliphatic carbocycles. The SMILES string of the molecule is O=C(CN=C1CN=C(c2c(F)cccc2F)c2cc([N+](=O)[O-])ccc2N1)CN1C(=O)c2ccccc2C1=O. The monoisotopic (exact) mass is 517 g/mol. The van der Waals surface area contributed by atoms with E-state index in [4.69, 9.17) is 0 Å². The average molecular weight is 517 g/mol. The predicted molar refractivity (Wildman–Crippen MR) is 133 cm³/mol. The molecule has 2 amide bonds. The Bertz CT molecular complexity index is 1550. The number of hydrogen-bond acceptors (Lipinski definition) is 7. The molecule has 0 aromatic heterocycles. The number of imide groups is 1. The number of halogens is 2. The molecule has 0 radical (unpaired) electrons. The highest BCUT2D eigenvalue weighted by molar-refractivity contribution is 6.23. The number of nitro benzene ring substituents is 1. The van der Waals surface area contributed by atoms with Crippen molar-refractivity contribution in [1.29, 1.82) is 0 Å². The molecule has 0 saturated heterocycles. The first kappa shape index (κ1) is 24.6. The summed E-state index contributed by atoms with van der Waals surface area (Å²) >= 11 is 0. The molecule has 0 saturated carbocycles. The molecule has 3 aromatic carbocycles. The van der Waals surface area contributed by atoms with E-state index in [0.717, 1.165) is 23.1 Å². The van der Waals surface area contributed by atoms with Crippen molar-refractivity contribution in [2.45, 2.75) is 0 Å². The Morgan fingerprint density at radius 1 is 1.00 bits per heavy atom. The van der Waals surface area contributed by atoms with Crippen molar-refractivity contribution in [3.63, 3.8) is 0 Å². The molecular formula is C26H17F2N5O5. The standard InChI is InChI=1S/C26H17F2N5O5/c27-19-6-3-7-20(28)23(19)24-18-10-14(33(37)38)8-9-21(18)31-22(12-30-24)29-11-15(34)13-32-25(35)16-4-1-2-5-17(16)26(32)36/h1-10H,11-13H2,(H,29,31). The van der Waals surface area contributed by atoms with Crippen LogP contribution < -0.4 is 5.32 Å². The van der Waals surface area contributed by atoms with Gasteiger partial charge in [-0.3, -0.25) is 39.4 Å². The molecule has 12 heteroatoms. The number of nitrogens with one attached hydrogen (secondary N) is 1. The van der Waals surface area contributed by atoms with E-state index in [1.54, 1.807) is 12.1 Å². The molecule has 0 unspecified atom stereocenters. The minimum absolute atomic E-state index is 0.0748. The summed E-state index contributed by atoms with van der Waals surface area (Å²) in [5.41, 5.74) is -0.184. The summed E-state index contributed by atoms with van der Waals surface area (Å²) in [6.07, 6.45) is 0. The number of rotatable bonds is 6. The van der Waals surface area contributed by atoms with Gasteiger partial charge in [0.2, 0.25) is 0 Å². The van der Waals surface area contributed by atoms with Gasteiger partial charge in [0.05, 0.1) is 40.4 Å². The number of benzene rings is 3. The quantitative estimate of drug-likeness (QED) is 0.303. The number of Topliss-reactive ketones (excluding diaryl/α,β-unsaturated/α-hetero) is 1. The number of amides is 2. The number of nitrogens with zero attached hydrogens (tertiary/aromatic N) is 4. The molecule has 0 spiro atoms. The first-order valence-electron chi connectivity index (χ1n) is 11.3. The Morgan fingerprint density at radius 2 is 1.66 bits per heavy atom. The van der Waals surface area contributed by atoms with Crippen molar-refractivity contribution in [3.05, 3.63) is 105 Å². The lowest BCUT2D eigenvalue weighted by atomic mass is 9.99. The molecule has 2 aliphatic heterocycles. The number of anilines is 1. The lowest BCUT2D eigenvalue weighted by molar-refractivity contribution is -0.384. The molecule has 10 nitrogen and oxygen atoms in total. The number of amidine groups is 1. The van der Waals surface area contributed by atoms with E-state index in [9.17, 15) is 33.3 Å².